The van der Waals surface area contributed by atoms with Crippen molar-refractivity contribution >= 4 is 15.9 Å². The number of hydrogen-bond acceptors (Lipinski definition) is 4. The molecule has 108 valence electrons. The number of hydrogen-bond donors (Lipinski definition) is 3. The number of aryl methyl sites for hydroxylation is 1. The van der Waals surface area contributed by atoms with E-state index < -0.39 is 10.0 Å². The number of rotatable bonds is 6. The fourth-order valence-electron chi connectivity index (χ4n) is 1.62. The van der Waals surface area contributed by atoms with Crippen LogP contribution in [0, 0.1) is 0 Å². The lowest BCUT2D eigenvalue weighted by Crippen LogP contribution is -2.33. The summed E-state index contributed by atoms with van der Waals surface area (Å²) in [7, 11) is -0.612. The number of carbonyl (C=O) groups excluding carboxylic acids is 1. The van der Waals surface area contributed by atoms with Crippen LogP contribution in [0.3, 0.4) is 0 Å². The molecule has 8 heteroatoms. The van der Waals surface area contributed by atoms with Crippen LogP contribution < -0.4 is 10.0 Å². The van der Waals surface area contributed by atoms with Gasteiger partial charge in [-0.25, -0.2) is 13.1 Å². The third kappa shape index (κ3) is 3.79. The lowest BCUT2D eigenvalue weighted by molar-refractivity contribution is 0.0955. The predicted molar refractivity (Wildman–Crippen MR) is 70.3 cm³/mol. The minimum absolute atomic E-state index is 0.0263. The second-order valence-corrected chi connectivity index (χ2v) is 6.00. The molecule has 0 radical (unpaired) electrons. The second kappa shape index (κ2) is 6.18. The van der Waals surface area contributed by atoms with Gasteiger partial charge in [0.05, 0.1) is 0 Å². The van der Waals surface area contributed by atoms with Crippen molar-refractivity contribution in [2.24, 2.45) is 7.05 Å². The number of aliphatic hydroxyl groups is 1. The highest BCUT2D eigenvalue weighted by Gasteiger charge is 2.21. The first-order valence-corrected chi connectivity index (χ1v) is 7.31. The van der Waals surface area contributed by atoms with Crippen LogP contribution in [0.2, 0.25) is 0 Å². The van der Waals surface area contributed by atoms with E-state index in [9.17, 15) is 13.2 Å². The molecule has 1 unspecified atom stereocenters. The molecule has 1 aromatic heterocycles. The Bertz CT molecular complexity index is 550. The highest BCUT2D eigenvalue weighted by molar-refractivity contribution is 7.89. The summed E-state index contributed by atoms with van der Waals surface area (Å²) in [4.78, 5) is 11.5. The number of aliphatic hydroxyl groups excluding tert-OH is 1. The van der Waals surface area contributed by atoms with Crippen LogP contribution in [0.4, 0.5) is 0 Å². The van der Waals surface area contributed by atoms with E-state index in [0.29, 0.717) is 6.42 Å². The Morgan fingerprint density at radius 3 is 2.68 bits per heavy atom. The fraction of sp³-hybridized carbons (Fsp3) is 0.545. The molecule has 3 N–H and O–H groups in total. The Labute approximate surface area is 112 Å². The van der Waals surface area contributed by atoms with E-state index in [1.807, 2.05) is 0 Å². The van der Waals surface area contributed by atoms with Gasteiger partial charge >= 0.3 is 0 Å². The van der Waals surface area contributed by atoms with Gasteiger partial charge in [-0.05, 0) is 19.4 Å². The lowest BCUT2D eigenvalue weighted by Gasteiger charge is -2.11. The van der Waals surface area contributed by atoms with Crippen LogP contribution in [-0.2, 0) is 17.1 Å². The monoisotopic (exact) mass is 289 g/mol. The molecule has 1 amide bonds. The smallest absolute Gasteiger partial charge is 0.267 e. The summed E-state index contributed by atoms with van der Waals surface area (Å²) >= 11 is 0. The highest BCUT2D eigenvalue weighted by Crippen LogP contribution is 2.14. The number of nitrogens with zero attached hydrogens (tertiary/aromatic N) is 1. The molecule has 0 fully saturated rings. The van der Waals surface area contributed by atoms with Crippen LogP contribution in [0.1, 0.15) is 23.8 Å². The third-order valence-corrected chi connectivity index (χ3v) is 4.22. The average molecular weight is 289 g/mol. The number of carbonyl (C=O) groups is 1. The Morgan fingerprint density at radius 1 is 1.53 bits per heavy atom. The Balaban J connectivity index is 3.00. The van der Waals surface area contributed by atoms with Gasteiger partial charge in [0, 0.05) is 32.9 Å². The first-order valence-electron chi connectivity index (χ1n) is 5.83. The van der Waals surface area contributed by atoms with Crippen LogP contribution >= 0.6 is 0 Å². The Hall–Kier alpha value is -1.38. The summed E-state index contributed by atoms with van der Waals surface area (Å²) in [6, 6.07) is 0.936. The van der Waals surface area contributed by atoms with E-state index >= 15 is 0 Å². The second-order valence-electron chi connectivity index (χ2n) is 4.29. The first-order chi connectivity index (χ1) is 8.81. The molecule has 0 aromatic carbocycles. The van der Waals surface area contributed by atoms with Crippen molar-refractivity contribution in [3.63, 3.8) is 0 Å². The zero-order chi connectivity index (χ0) is 14.6. The molecule has 19 heavy (non-hydrogen) atoms. The quantitative estimate of drug-likeness (QED) is 0.653. The Kier molecular flexibility index (Phi) is 5.10. The molecule has 0 aliphatic carbocycles. The number of amides is 1. The molecule has 0 spiro atoms. The molecule has 1 heterocycles. The predicted octanol–water partition coefficient (Wildman–Crippen LogP) is -0.566. The zero-order valence-corrected chi connectivity index (χ0v) is 12.0. The van der Waals surface area contributed by atoms with Crippen molar-refractivity contribution in [1.29, 1.82) is 0 Å². The third-order valence-electron chi connectivity index (χ3n) is 2.67. The van der Waals surface area contributed by atoms with Gasteiger partial charge in [-0.2, -0.15) is 0 Å². The maximum atomic E-state index is 12.1. The molecule has 0 saturated carbocycles. The van der Waals surface area contributed by atoms with E-state index in [4.69, 9.17) is 5.11 Å². The van der Waals surface area contributed by atoms with Gasteiger partial charge in [0.25, 0.3) is 5.91 Å². The van der Waals surface area contributed by atoms with Crippen molar-refractivity contribution in [2.75, 3.05) is 13.7 Å². The molecular weight excluding hydrogens is 270 g/mol. The van der Waals surface area contributed by atoms with Crippen molar-refractivity contribution in [1.82, 2.24) is 14.6 Å². The summed E-state index contributed by atoms with van der Waals surface area (Å²) in [5, 5.41) is 11.2. The van der Waals surface area contributed by atoms with Gasteiger partial charge < -0.3 is 15.0 Å². The largest absolute Gasteiger partial charge is 0.396 e. The van der Waals surface area contributed by atoms with Crippen molar-refractivity contribution in [2.45, 2.75) is 24.3 Å². The number of nitrogens with one attached hydrogen (secondary N) is 2. The molecule has 0 aliphatic rings. The van der Waals surface area contributed by atoms with E-state index in [1.165, 1.54) is 23.9 Å². The molecule has 1 rings (SSSR count). The molecule has 1 aromatic rings. The van der Waals surface area contributed by atoms with Crippen molar-refractivity contribution < 1.29 is 18.3 Å². The minimum atomic E-state index is -3.69. The van der Waals surface area contributed by atoms with Crippen LogP contribution in [0.5, 0.6) is 0 Å². The first kappa shape index (κ1) is 15.7. The SMILES string of the molecule is CNC(=O)c1cc(S(=O)(=O)NC(C)CCO)cn1C. The summed E-state index contributed by atoms with van der Waals surface area (Å²) in [6.45, 7) is 1.57. The summed E-state index contributed by atoms with van der Waals surface area (Å²) in [5.74, 6) is -0.354. The van der Waals surface area contributed by atoms with Crippen molar-refractivity contribution in [3.05, 3.63) is 18.0 Å². The van der Waals surface area contributed by atoms with Gasteiger partial charge in [0.1, 0.15) is 10.6 Å². The summed E-state index contributed by atoms with van der Waals surface area (Å²) in [6.07, 6.45) is 1.70. The zero-order valence-electron chi connectivity index (χ0n) is 11.2. The molecule has 1 atom stereocenters. The summed E-state index contributed by atoms with van der Waals surface area (Å²) in [5.41, 5.74) is 0.262. The Morgan fingerprint density at radius 2 is 2.16 bits per heavy atom. The molecule has 7 nitrogen and oxygen atoms in total. The van der Waals surface area contributed by atoms with E-state index in [-0.39, 0.29) is 29.1 Å². The summed E-state index contributed by atoms with van der Waals surface area (Å²) < 4.78 is 28.0. The highest BCUT2D eigenvalue weighted by atomic mass is 32.2. The number of sulfonamides is 1. The van der Waals surface area contributed by atoms with Gasteiger partial charge in [-0.15, -0.1) is 0 Å². The minimum Gasteiger partial charge on any atom is -0.396 e. The number of aromatic nitrogens is 1. The van der Waals surface area contributed by atoms with E-state index in [0.717, 1.165) is 0 Å². The van der Waals surface area contributed by atoms with Gasteiger partial charge in [0.15, 0.2) is 0 Å². The van der Waals surface area contributed by atoms with Gasteiger partial charge in [0.2, 0.25) is 10.0 Å². The molecule has 0 aliphatic heterocycles. The van der Waals surface area contributed by atoms with Gasteiger partial charge in [-0.1, -0.05) is 0 Å². The average Bonchev–Trinajstić information content (AvgIpc) is 2.70. The van der Waals surface area contributed by atoms with Crippen LogP contribution in [-0.4, -0.2) is 43.7 Å². The topological polar surface area (TPSA) is 100 Å². The van der Waals surface area contributed by atoms with Crippen LogP contribution in [0.15, 0.2) is 17.2 Å². The normalized spacial score (nSPS) is 13.3. The van der Waals surface area contributed by atoms with E-state index in [1.54, 1.807) is 14.0 Å². The van der Waals surface area contributed by atoms with Crippen molar-refractivity contribution in [3.8, 4) is 0 Å². The maximum absolute atomic E-state index is 12.1. The lowest BCUT2D eigenvalue weighted by atomic mass is 10.3. The fourth-order valence-corrected chi connectivity index (χ4v) is 2.97. The maximum Gasteiger partial charge on any atom is 0.267 e. The molecular formula is C11H19N3O4S. The van der Waals surface area contributed by atoms with E-state index in [2.05, 4.69) is 10.0 Å². The molecule has 0 bridgehead atoms. The van der Waals surface area contributed by atoms with Crippen LogP contribution in [0.25, 0.3) is 0 Å². The standard InChI is InChI=1S/C11H19N3O4S/c1-8(4-5-15)13-19(17,18)9-6-10(11(16)12-2)14(3)7-9/h6-8,13,15H,4-5H2,1-3H3,(H,12,16). The van der Waals surface area contributed by atoms with Gasteiger partial charge in [-0.3, -0.25) is 4.79 Å². The molecule has 0 saturated heterocycles.